The van der Waals surface area contributed by atoms with Gasteiger partial charge < -0.3 is 5.11 Å². The summed E-state index contributed by atoms with van der Waals surface area (Å²) in [5.74, 6) is 0.0854. The number of nitrogens with one attached hydrogen (secondary N) is 1. The summed E-state index contributed by atoms with van der Waals surface area (Å²) in [6.45, 7) is 3.77. The molecule has 0 fully saturated rings. The van der Waals surface area contributed by atoms with E-state index in [1.165, 1.54) is 18.0 Å². The molecule has 2 N–H and O–H groups in total. The minimum Gasteiger partial charge on any atom is -0.508 e. The van der Waals surface area contributed by atoms with E-state index < -0.39 is 0 Å². The fraction of sp³-hybridized carbons (Fsp3) is 0.200. The Balaban J connectivity index is 1.83. The van der Waals surface area contributed by atoms with Gasteiger partial charge in [0, 0.05) is 11.4 Å². The number of carbonyl (C=O) groups excluding carboxylic acids is 1. The highest BCUT2D eigenvalue weighted by Crippen LogP contribution is 2.13. The second-order valence-corrected chi connectivity index (χ2v) is 5.55. The molecule has 0 saturated carbocycles. The number of benzene rings is 1. The number of carbonyl (C=O) groups is 1. The average molecular weight is 316 g/mol. The zero-order chi connectivity index (χ0) is 15.9. The number of aromatic hydroxyl groups is 1. The molecule has 1 aromatic heterocycles. The molecule has 114 valence electrons. The van der Waals surface area contributed by atoms with Crippen molar-refractivity contribution in [3.63, 3.8) is 0 Å². The van der Waals surface area contributed by atoms with Gasteiger partial charge in [0.15, 0.2) is 5.16 Å². The van der Waals surface area contributed by atoms with Crippen LogP contribution in [0.2, 0.25) is 0 Å². The summed E-state index contributed by atoms with van der Waals surface area (Å²) >= 11 is 1.26. The van der Waals surface area contributed by atoms with Gasteiger partial charge in [-0.15, -0.1) is 0 Å². The lowest BCUT2D eigenvalue weighted by Crippen LogP contribution is -2.19. The predicted octanol–water partition coefficient (Wildman–Crippen LogP) is 2.04. The number of thioether (sulfide) groups is 1. The Hall–Kier alpha value is -2.41. The number of phenols is 1. The summed E-state index contributed by atoms with van der Waals surface area (Å²) in [7, 11) is 0. The minimum atomic E-state index is -0.246. The normalized spacial score (nSPS) is 10.8. The van der Waals surface area contributed by atoms with Crippen molar-refractivity contribution in [1.82, 2.24) is 15.4 Å². The molecule has 1 amide bonds. The molecule has 0 unspecified atom stereocenters. The third kappa shape index (κ3) is 5.17. The first kappa shape index (κ1) is 16.0. The number of hydrogen-bond acceptors (Lipinski definition) is 6. The zero-order valence-electron chi connectivity index (χ0n) is 12.3. The number of aromatic nitrogens is 2. The lowest BCUT2D eigenvalue weighted by Gasteiger charge is -2.02. The van der Waals surface area contributed by atoms with Crippen molar-refractivity contribution in [3.05, 3.63) is 47.3 Å². The van der Waals surface area contributed by atoms with Gasteiger partial charge in [0.2, 0.25) is 0 Å². The van der Waals surface area contributed by atoms with Crippen molar-refractivity contribution in [2.24, 2.45) is 5.10 Å². The number of nitrogens with zero attached hydrogens (tertiary/aromatic N) is 3. The van der Waals surface area contributed by atoms with E-state index in [1.54, 1.807) is 24.3 Å². The summed E-state index contributed by atoms with van der Waals surface area (Å²) in [6.07, 6.45) is 1.47. The highest BCUT2D eigenvalue weighted by atomic mass is 32.2. The van der Waals surface area contributed by atoms with E-state index in [4.69, 9.17) is 0 Å². The lowest BCUT2D eigenvalue weighted by atomic mass is 10.2. The first-order valence-corrected chi connectivity index (χ1v) is 7.57. The first-order valence-electron chi connectivity index (χ1n) is 6.59. The van der Waals surface area contributed by atoms with Gasteiger partial charge in [0.25, 0.3) is 5.91 Å². The molecule has 0 aliphatic heterocycles. The molecule has 2 rings (SSSR count). The summed E-state index contributed by atoms with van der Waals surface area (Å²) in [5, 5.41) is 13.7. The third-order valence-electron chi connectivity index (χ3n) is 2.57. The fourth-order valence-corrected chi connectivity index (χ4v) is 2.45. The van der Waals surface area contributed by atoms with Crippen LogP contribution < -0.4 is 5.43 Å². The number of rotatable bonds is 5. The summed E-state index contributed by atoms with van der Waals surface area (Å²) < 4.78 is 0. The Morgan fingerprint density at radius 3 is 2.73 bits per heavy atom. The average Bonchev–Trinajstić information content (AvgIpc) is 2.44. The number of hydrogen-bond donors (Lipinski definition) is 2. The van der Waals surface area contributed by atoms with E-state index in [9.17, 15) is 9.90 Å². The highest BCUT2D eigenvalue weighted by Gasteiger charge is 2.05. The van der Waals surface area contributed by atoms with E-state index in [1.807, 2.05) is 19.9 Å². The molecule has 1 aromatic carbocycles. The van der Waals surface area contributed by atoms with E-state index in [-0.39, 0.29) is 17.4 Å². The Bertz CT molecular complexity index is 683. The van der Waals surface area contributed by atoms with E-state index in [2.05, 4.69) is 20.5 Å². The van der Waals surface area contributed by atoms with E-state index in [0.29, 0.717) is 10.7 Å². The van der Waals surface area contributed by atoms with Crippen LogP contribution in [0, 0.1) is 13.8 Å². The Labute approximate surface area is 132 Å². The van der Waals surface area contributed by atoms with Crippen LogP contribution in [0.1, 0.15) is 17.0 Å². The molecule has 0 spiro atoms. The number of phenolic OH excluding ortho intramolecular Hbond substituents is 1. The van der Waals surface area contributed by atoms with E-state index in [0.717, 1.165) is 11.4 Å². The quantitative estimate of drug-likeness (QED) is 0.381. The minimum absolute atomic E-state index is 0.151. The molecule has 22 heavy (non-hydrogen) atoms. The maximum atomic E-state index is 11.7. The van der Waals surface area contributed by atoms with Gasteiger partial charge >= 0.3 is 0 Å². The zero-order valence-corrected chi connectivity index (χ0v) is 13.1. The monoisotopic (exact) mass is 316 g/mol. The standard InChI is InChI=1S/C15H16N4O2S/c1-10-6-11(2)18-15(17-10)22-9-14(21)19-16-8-12-4-3-5-13(20)7-12/h3-8,20H,9H2,1-2H3,(H,19,21)/b16-8-. The molecule has 1 heterocycles. The number of aryl methyl sites for hydroxylation is 2. The van der Waals surface area contributed by atoms with Crippen molar-refractivity contribution in [1.29, 1.82) is 0 Å². The number of hydrazone groups is 1. The molecule has 0 bridgehead atoms. The van der Waals surface area contributed by atoms with Crippen molar-refractivity contribution in [2.75, 3.05) is 5.75 Å². The molecule has 0 atom stereocenters. The molecule has 6 nitrogen and oxygen atoms in total. The Morgan fingerprint density at radius 2 is 2.05 bits per heavy atom. The molecule has 0 aliphatic carbocycles. The van der Waals surface area contributed by atoms with Crippen molar-refractivity contribution < 1.29 is 9.90 Å². The van der Waals surface area contributed by atoms with Crippen LogP contribution in [-0.2, 0) is 4.79 Å². The van der Waals surface area contributed by atoms with Gasteiger partial charge in [-0.3, -0.25) is 4.79 Å². The maximum absolute atomic E-state index is 11.7. The van der Waals surface area contributed by atoms with Crippen LogP contribution >= 0.6 is 11.8 Å². The smallest absolute Gasteiger partial charge is 0.250 e. The van der Waals surface area contributed by atoms with Crippen LogP contribution in [0.15, 0.2) is 40.6 Å². The van der Waals surface area contributed by atoms with Crippen LogP contribution in [0.25, 0.3) is 0 Å². The van der Waals surface area contributed by atoms with Crippen LogP contribution in [0.5, 0.6) is 5.75 Å². The summed E-state index contributed by atoms with van der Waals surface area (Å²) in [4.78, 5) is 20.2. The van der Waals surface area contributed by atoms with Gasteiger partial charge in [-0.1, -0.05) is 23.9 Å². The Morgan fingerprint density at radius 1 is 1.32 bits per heavy atom. The van der Waals surface area contributed by atoms with Crippen LogP contribution in [0.4, 0.5) is 0 Å². The third-order valence-corrected chi connectivity index (χ3v) is 3.41. The second kappa shape index (κ2) is 7.56. The first-order chi connectivity index (χ1) is 10.5. The van der Waals surface area contributed by atoms with Gasteiger partial charge in [0.05, 0.1) is 12.0 Å². The van der Waals surface area contributed by atoms with Gasteiger partial charge in [0.1, 0.15) is 5.75 Å². The Kier molecular flexibility index (Phi) is 5.48. The number of amides is 1. The molecule has 0 aliphatic rings. The largest absolute Gasteiger partial charge is 0.508 e. The molecule has 0 radical (unpaired) electrons. The van der Waals surface area contributed by atoms with Gasteiger partial charge in [-0.25, -0.2) is 15.4 Å². The second-order valence-electron chi connectivity index (χ2n) is 4.61. The maximum Gasteiger partial charge on any atom is 0.250 e. The molecular formula is C15H16N4O2S. The summed E-state index contributed by atoms with van der Waals surface area (Å²) in [6, 6.07) is 8.47. The molecule has 2 aromatic rings. The van der Waals surface area contributed by atoms with E-state index >= 15 is 0 Å². The SMILES string of the molecule is Cc1cc(C)nc(SCC(=O)N/N=C\c2cccc(O)c2)n1. The fourth-order valence-electron chi connectivity index (χ4n) is 1.70. The van der Waals surface area contributed by atoms with Crippen LogP contribution in [0.3, 0.4) is 0 Å². The van der Waals surface area contributed by atoms with Crippen molar-refractivity contribution in [2.45, 2.75) is 19.0 Å². The van der Waals surface area contributed by atoms with Crippen LogP contribution in [-0.4, -0.2) is 32.9 Å². The highest BCUT2D eigenvalue weighted by molar-refractivity contribution is 7.99. The topological polar surface area (TPSA) is 87.5 Å². The molecular weight excluding hydrogens is 300 g/mol. The van der Waals surface area contributed by atoms with Crippen molar-refractivity contribution in [3.8, 4) is 5.75 Å². The molecule has 7 heteroatoms. The van der Waals surface area contributed by atoms with Gasteiger partial charge in [-0.2, -0.15) is 5.10 Å². The van der Waals surface area contributed by atoms with Crippen molar-refractivity contribution >= 4 is 23.9 Å². The molecule has 0 saturated heterocycles. The van der Waals surface area contributed by atoms with Gasteiger partial charge in [-0.05, 0) is 37.6 Å². The lowest BCUT2D eigenvalue weighted by molar-refractivity contribution is -0.118. The predicted molar refractivity (Wildman–Crippen MR) is 86.1 cm³/mol. The summed E-state index contributed by atoms with van der Waals surface area (Å²) in [5.41, 5.74) is 4.87.